The average molecular weight is 285 g/mol. The molecule has 20 heavy (non-hydrogen) atoms. The molecule has 1 aliphatic heterocycles. The molecule has 114 valence electrons. The van der Waals surface area contributed by atoms with E-state index < -0.39 is 11.9 Å². The molecule has 1 aliphatic rings. The maximum Gasteiger partial charge on any atom is 0.320 e. The van der Waals surface area contributed by atoms with Gasteiger partial charge in [-0.1, -0.05) is 6.92 Å². The topological polar surface area (TPSA) is 90.0 Å². The molecule has 7 heteroatoms. The van der Waals surface area contributed by atoms with E-state index in [2.05, 4.69) is 5.32 Å². The molecule has 7 nitrogen and oxygen atoms in total. The Balaban J connectivity index is 2.53. The lowest BCUT2D eigenvalue weighted by atomic mass is 10.0. The van der Waals surface area contributed by atoms with Gasteiger partial charge in [-0.25, -0.2) is 4.79 Å². The van der Waals surface area contributed by atoms with Crippen LogP contribution in [0.5, 0.6) is 0 Å². The molecule has 1 heterocycles. The van der Waals surface area contributed by atoms with Crippen LogP contribution in [0.4, 0.5) is 4.79 Å². The van der Waals surface area contributed by atoms with E-state index in [1.54, 1.807) is 14.0 Å². The van der Waals surface area contributed by atoms with Crippen molar-refractivity contribution in [2.45, 2.75) is 32.7 Å². The second-order valence-corrected chi connectivity index (χ2v) is 5.16. The summed E-state index contributed by atoms with van der Waals surface area (Å²) in [5, 5.41) is 11.8. The Kier molecular flexibility index (Phi) is 5.79. The largest absolute Gasteiger partial charge is 0.481 e. The van der Waals surface area contributed by atoms with E-state index in [9.17, 15) is 14.4 Å². The highest BCUT2D eigenvalue weighted by molar-refractivity contribution is 5.84. The quantitative estimate of drug-likeness (QED) is 0.763. The monoisotopic (exact) mass is 285 g/mol. The van der Waals surface area contributed by atoms with Gasteiger partial charge in [0.2, 0.25) is 5.91 Å². The third kappa shape index (κ3) is 3.85. The molecule has 1 saturated heterocycles. The fourth-order valence-corrected chi connectivity index (χ4v) is 2.36. The second kappa shape index (κ2) is 7.12. The Morgan fingerprint density at radius 3 is 2.55 bits per heavy atom. The molecule has 0 spiro atoms. The Bertz CT molecular complexity index is 386. The summed E-state index contributed by atoms with van der Waals surface area (Å²) in [6, 6.07) is -0.644. The van der Waals surface area contributed by atoms with Crippen molar-refractivity contribution in [2.75, 3.05) is 26.7 Å². The van der Waals surface area contributed by atoms with Crippen molar-refractivity contribution in [3.8, 4) is 0 Å². The van der Waals surface area contributed by atoms with Crippen molar-refractivity contribution in [1.29, 1.82) is 0 Å². The highest BCUT2D eigenvalue weighted by atomic mass is 16.4. The van der Waals surface area contributed by atoms with E-state index in [0.29, 0.717) is 19.5 Å². The van der Waals surface area contributed by atoms with Gasteiger partial charge >= 0.3 is 12.0 Å². The lowest BCUT2D eigenvalue weighted by Crippen LogP contribution is -2.47. The number of rotatable bonds is 5. The zero-order valence-electron chi connectivity index (χ0n) is 12.3. The maximum atomic E-state index is 12.2. The summed E-state index contributed by atoms with van der Waals surface area (Å²) in [6.45, 7) is 4.67. The normalized spacial score (nSPS) is 21.6. The third-order valence-corrected chi connectivity index (χ3v) is 3.60. The number of hydrogen-bond acceptors (Lipinski definition) is 3. The van der Waals surface area contributed by atoms with Gasteiger partial charge in [0, 0.05) is 26.2 Å². The van der Waals surface area contributed by atoms with Crippen LogP contribution >= 0.6 is 0 Å². The molecule has 2 unspecified atom stereocenters. The first-order valence-corrected chi connectivity index (χ1v) is 6.89. The van der Waals surface area contributed by atoms with Crippen molar-refractivity contribution in [1.82, 2.24) is 15.1 Å². The average Bonchev–Trinajstić information content (AvgIpc) is 2.77. The minimum atomic E-state index is -0.879. The number of hydrogen-bond donors (Lipinski definition) is 2. The molecule has 2 N–H and O–H groups in total. The van der Waals surface area contributed by atoms with Crippen molar-refractivity contribution in [2.24, 2.45) is 5.92 Å². The van der Waals surface area contributed by atoms with Gasteiger partial charge in [0.05, 0.1) is 5.92 Å². The van der Waals surface area contributed by atoms with Gasteiger partial charge in [-0.2, -0.15) is 0 Å². The number of amides is 3. The van der Waals surface area contributed by atoms with Crippen molar-refractivity contribution in [3.05, 3.63) is 0 Å². The van der Waals surface area contributed by atoms with Crippen LogP contribution < -0.4 is 5.32 Å². The zero-order valence-corrected chi connectivity index (χ0v) is 12.3. The Labute approximate surface area is 118 Å². The van der Waals surface area contributed by atoms with E-state index in [1.165, 1.54) is 9.80 Å². The number of likely N-dealkylation sites (tertiary alicyclic amines) is 1. The number of carboxylic acids is 1. The number of urea groups is 1. The van der Waals surface area contributed by atoms with Crippen LogP contribution in [0.1, 0.15) is 26.7 Å². The van der Waals surface area contributed by atoms with E-state index in [1.807, 2.05) is 6.92 Å². The van der Waals surface area contributed by atoms with Gasteiger partial charge in [0.15, 0.2) is 0 Å². The van der Waals surface area contributed by atoms with Crippen LogP contribution in [0.15, 0.2) is 0 Å². The van der Waals surface area contributed by atoms with Crippen molar-refractivity contribution >= 4 is 17.9 Å². The number of nitrogens with zero attached hydrogens (tertiary/aromatic N) is 2. The Hall–Kier alpha value is -1.79. The molecule has 2 atom stereocenters. The fraction of sp³-hybridized carbons (Fsp3) is 0.769. The van der Waals surface area contributed by atoms with Crippen LogP contribution in [0, 0.1) is 5.92 Å². The maximum absolute atomic E-state index is 12.2. The van der Waals surface area contributed by atoms with Crippen LogP contribution in [-0.4, -0.2) is 65.5 Å². The number of likely N-dealkylation sites (N-methyl/N-ethyl adjacent to an activating group) is 1. The van der Waals surface area contributed by atoms with Gasteiger partial charge in [0.1, 0.15) is 6.54 Å². The van der Waals surface area contributed by atoms with Gasteiger partial charge in [0.25, 0.3) is 0 Å². The molecule has 0 aromatic rings. The predicted molar refractivity (Wildman–Crippen MR) is 73.2 cm³/mol. The number of aliphatic carboxylic acids is 1. The number of carbonyl (C=O) groups excluding carboxylic acids is 2. The molecule has 0 aromatic heterocycles. The SMILES string of the molecule is CCCNC(=O)CN(C)C(=O)N1CCC(C(=O)O)C1C. The van der Waals surface area contributed by atoms with Gasteiger partial charge in [-0.15, -0.1) is 0 Å². The highest BCUT2D eigenvalue weighted by Gasteiger charge is 2.39. The van der Waals surface area contributed by atoms with E-state index in [4.69, 9.17) is 5.11 Å². The predicted octanol–water partition coefficient (Wildman–Crippen LogP) is 0.359. The molecule has 3 amide bonds. The first kappa shape index (κ1) is 16.3. The Morgan fingerprint density at radius 2 is 2.05 bits per heavy atom. The molecule has 1 rings (SSSR count). The summed E-state index contributed by atoms with van der Waals surface area (Å²) in [6.07, 6.45) is 1.30. The minimum Gasteiger partial charge on any atom is -0.481 e. The van der Waals surface area contributed by atoms with Gasteiger partial charge < -0.3 is 20.2 Å². The molecule has 0 bridgehead atoms. The zero-order chi connectivity index (χ0) is 15.3. The number of nitrogens with one attached hydrogen (secondary N) is 1. The molecule has 0 aromatic carbocycles. The van der Waals surface area contributed by atoms with Crippen molar-refractivity contribution in [3.63, 3.8) is 0 Å². The minimum absolute atomic E-state index is 0.0141. The molecule has 0 radical (unpaired) electrons. The smallest absolute Gasteiger partial charge is 0.320 e. The highest BCUT2D eigenvalue weighted by Crippen LogP contribution is 2.25. The Morgan fingerprint density at radius 1 is 1.40 bits per heavy atom. The fourth-order valence-electron chi connectivity index (χ4n) is 2.36. The van der Waals surface area contributed by atoms with Crippen LogP contribution in [0.3, 0.4) is 0 Å². The van der Waals surface area contributed by atoms with Gasteiger partial charge in [-0.3, -0.25) is 9.59 Å². The first-order valence-electron chi connectivity index (χ1n) is 6.89. The van der Waals surface area contributed by atoms with E-state index in [-0.39, 0.29) is 24.5 Å². The molecule has 1 fully saturated rings. The second-order valence-electron chi connectivity index (χ2n) is 5.16. The lowest BCUT2D eigenvalue weighted by Gasteiger charge is -2.28. The summed E-state index contributed by atoms with van der Waals surface area (Å²) in [4.78, 5) is 37.7. The molecule has 0 aliphatic carbocycles. The summed E-state index contributed by atoms with van der Waals surface area (Å²) < 4.78 is 0. The summed E-state index contributed by atoms with van der Waals surface area (Å²) in [7, 11) is 1.55. The molecular formula is C13H23N3O4. The van der Waals surface area contributed by atoms with Crippen LogP contribution in [0.25, 0.3) is 0 Å². The first-order chi connectivity index (χ1) is 9.38. The third-order valence-electron chi connectivity index (χ3n) is 3.60. The van der Waals surface area contributed by atoms with Crippen LogP contribution in [-0.2, 0) is 9.59 Å². The summed E-state index contributed by atoms with van der Waals surface area (Å²) >= 11 is 0. The summed E-state index contributed by atoms with van der Waals surface area (Å²) in [5.41, 5.74) is 0. The van der Waals surface area contributed by atoms with Crippen molar-refractivity contribution < 1.29 is 19.5 Å². The number of carboxylic acid groups (broad SMARTS) is 1. The van der Waals surface area contributed by atoms with E-state index >= 15 is 0 Å². The summed E-state index contributed by atoms with van der Waals surface area (Å²) in [5.74, 6) is -1.61. The number of carbonyl (C=O) groups is 3. The molecular weight excluding hydrogens is 262 g/mol. The van der Waals surface area contributed by atoms with Gasteiger partial charge in [-0.05, 0) is 19.8 Å². The van der Waals surface area contributed by atoms with E-state index in [0.717, 1.165) is 6.42 Å². The lowest BCUT2D eigenvalue weighted by molar-refractivity contribution is -0.142. The standard InChI is InChI=1S/C13H23N3O4/c1-4-6-14-11(17)8-15(3)13(20)16-7-5-10(9(16)2)12(18)19/h9-10H,4-8H2,1-3H3,(H,14,17)(H,18,19). The molecule has 0 saturated carbocycles. The van der Waals surface area contributed by atoms with Crippen LogP contribution in [0.2, 0.25) is 0 Å².